The molecule has 6 heteroatoms. The number of nitrogens with one attached hydrogen (secondary N) is 1. The molecule has 26 heavy (non-hydrogen) atoms. The predicted octanol–water partition coefficient (Wildman–Crippen LogP) is 3.72. The van der Waals surface area contributed by atoms with E-state index in [2.05, 4.69) is 5.32 Å². The van der Waals surface area contributed by atoms with Crippen LogP contribution in [0.25, 0.3) is 0 Å². The molecule has 1 N–H and O–H groups in total. The number of anilines is 2. The summed E-state index contributed by atoms with van der Waals surface area (Å²) in [6.45, 7) is 7.91. The zero-order valence-corrected chi connectivity index (χ0v) is 16.8. The molecule has 0 saturated carbocycles. The lowest BCUT2D eigenvalue weighted by Gasteiger charge is -2.23. The molecule has 2 aromatic rings. The lowest BCUT2D eigenvalue weighted by molar-refractivity contribution is -0.116. The fourth-order valence-electron chi connectivity index (χ4n) is 3.05. The average molecular weight is 375 g/mol. The van der Waals surface area contributed by atoms with Crippen LogP contribution >= 0.6 is 0 Å². The molecule has 5 nitrogen and oxygen atoms in total. The number of benzene rings is 2. The summed E-state index contributed by atoms with van der Waals surface area (Å²) in [6.07, 6.45) is 1.23. The molecule has 0 aromatic heterocycles. The van der Waals surface area contributed by atoms with Crippen LogP contribution in [0.3, 0.4) is 0 Å². The van der Waals surface area contributed by atoms with Crippen LogP contribution in [0.1, 0.15) is 28.7 Å². The Bertz CT molecular complexity index is 897. The highest BCUT2D eigenvalue weighted by Crippen LogP contribution is 2.23. The van der Waals surface area contributed by atoms with Crippen molar-refractivity contribution in [3.05, 3.63) is 58.7 Å². The van der Waals surface area contributed by atoms with Crippen molar-refractivity contribution in [2.75, 3.05) is 22.4 Å². The Balaban J connectivity index is 2.13. The summed E-state index contributed by atoms with van der Waals surface area (Å²) >= 11 is 0. The van der Waals surface area contributed by atoms with Gasteiger partial charge >= 0.3 is 0 Å². The number of carbonyl (C=O) groups is 1. The Morgan fingerprint density at radius 1 is 1.00 bits per heavy atom. The van der Waals surface area contributed by atoms with Gasteiger partial charge in [-0.05, 0) is 56.5 Å². The van der Waals surface area contributed by atoms with Crippen LogP contribution in [0.15, 0.2) is 36.4 Å². The molecule has 0 unspecified atom stereocenters. The third kappa shape index (κ3) is 5.08. The van der Waals surface area contributed by atoms with Crippen LogP contribution in [-0.2, 0) is 14.8 Å². The number of rotatable bonds is 6. The zero-order chi connectivity index (χ0) is 19.5. The van der Waals surface area contributed by atoms with E-state index >= 15 is 0 Å². The normalized spacial score (nSPS) is 11.3. The smallest absolute Gasteiger partial charge is 0.232 e. The van der Waals surface area contributed by atoms with Gasteiger partial charge in [0, 0.05) is 18.7 Å². The highest BCUT2D eigenvalue weighted by atomic mass is 32.2. The molecule has 1 amide bonds. The molecule has 2 aromatic carbocycles. The van der Waals surface area contributed by atoms with Crippen molar-refractivity contribution < 1.29 is 13.2 Å². The van der Waals surface area contributed by atoms with E-state index in [1.165, 1.54) is 4.31 Å². The molecule has 0 saturated heterocycles. The highest BCUT2D eigenvalue weighted by molar-refractivity contribution is 7.92. The molecule has 0 aliphatic heterocycles. The van der Waals surface area contributed by atoms with Crippen LogP contribution in [0.2, 0.25) is 0 Å². The molecule has 0 spiro atoms. The minimum absolute atomic E-state index is 0.0772. The summed E-state index contributed by atoms with van der Waals surface area (Å²) in [7, 11) is -3.47. The summed E-state index contributed by atoms with van der Waals surface area (Å²) in [4.78, 5) is 12.4. The summed E-state index contributed by atoms with van der Waals surface area (Å²) in [5.74, 6) is -0.207. The van der Waals surface area contributed by atoms with E-state index < -0.39 is 10.0 Å². The van der Waals surface area contributed by atoms with Crippen molar-refractivity contribution in [3.63, 3.8) is 0 Å². The predicted molar refractivity (Wildman–Crippen MR) is 107 cm³/mol. The number of carbonyl (C=O) groups excluding carboxylic acids is 1. The van der Waals surface area contributed by atoms with E-state index in [9.17, 15) is 13.2 Å². The maximum absolute atomic E-state index is 12.4. The molecular formula is C20H26N2O3S. The molecule has 0 radical (unpaired) electrons. The number of aryl methyl sites for hydroxylation is 4. The van der Waals surface area contributed by atoms with Crippen molar-refractivity contribution in [2.24, 2.45) is 0 Å². The van der Waals surface area contributed by atoms with Gasteiger partial charge in [0.15, 0.2) is 0 Å². The minimum Gasteiger partial charge on any atom is -0.326 e. The second-order valence-corrected chi connectivity index (χ2v) is 8.65. The number of nitrogens with zero attached hydrogens (tertiary/aromatic N) is 1. The first kappa shape index (κ1) is 20.0. The largest absolute Gasteiger partial charge is 0.326 e. The van der Waals surface area contributed by atoms with Crippen LogP contribution in [-0.4, -0.2) is 27.1 Å². The Kier molecular flexibility index (Phi) is 6.08. The van der Waals surface area contributed by atoms with Gasteiger partial charge in [0.2, 0.25) is 15.9 Å². The molecule has 140 valence electrons. The van der Waals surface area contributed by atoms with E-state index in [1.807, 2.05) is 52.0 Å². The first-order valence-electron chi connectivity index (χ1n) is 8.50. The van der Waals surface area contributed by atoms with Gasteiger partial charge in [-0.15, -0.1) is 0 Å². The Hall–Kier alpha value is -2.34. The lowest BCUT2D eigenvalue weighted by atomic mass is 10.1. The summed E-state index contributed by atoms with van der Waals surface area (Å²) in [5, 5.41) is 2.91. The maximum Gasteiger partial charge on any atom is 0.232 e. The quantitative estimate of drug-likeness (QED) is 0.838. The van der Waals surface area contributed by atoms with Crippen molar-refractivity contribution in [2.45, 2.75) is 34.1 Å². The topological polar surface area (TPSA) is 66.5 Å². The van der Waals surface area contributed by atoms with Crippen LogP contribution in [0, 0.1) is 27.7 Å². The molecule has 0 bridgehead atoms. The average Bonchev–Trinajstić information content (AvgIpc) is 2.50. The third-order valence-electron chi connectivity index (χ3n) is 4.17. The van der Waals surface area contributed by atoms with Crippen LogP contribution in [0.4, 0.5) is 11.4 Å². The molecule has 0 aliphatic rings. The van der Waals surface area contributed by atoms with Gasteiger partial charge in [-0.25, -0.2) is 8.42 Å². The van der Waals surface area contributed by atoms with Gasteiger partial charge in [0.25, 0.3) is 0 Å². The first-order chi connectivity index (χ1) is 12.1. The number of hydrogen-bond donors (Lipinski definition) is 1. The van der Waals surface area contributed by atoms with E-state index in [0.717, 1.165) is 34.2 Å². The molecular weight excluding hydrogens is 348 g/mol. The van der Waals surface area contributed by atoms with Crippen molar-refractivity contribution in [3.8, 4) is 0 Å². The molecule has 0 aliphatic carbocycles. The summed E-state index contributed by atoms with van der Waals surface area (Å²) < 4.78 is 25.6. The zero-order valence-electron chi connectivity index (χ0n) is 16.0. The third-order valence-corrected chi connectivity index (χ3v) is 5.37. The van der Waals surface area contributed by atoms with E-state index in [0.29, 0.717) is 5.69 Å². The number of hydrogen-bond acceptors (Lipinski definition) is 3. The molecule has 0 heterocycles. The van der Waals surface area contributed by atoms with Gasteiger partial charge in [0.1, 0.15) is 0 Å². The fourth-order valence-corrected chi connectivity index (χ4v) is 3.97. The summed E-state index contributed by atoms with van der Waals surface area (Å²) in [6, 6.07) is 11.3. The SMILES string of the molecule is Cc1cccc(N(CCC(=O)Nc2c(C)cc(C)cc2C)S(C)(=O)=O)c1. The van der Waals surface area contributed by atoms with Gasteiger partial charge in [0.05, 0.1) is 11.9 Å². The van der Waals surface area contributed by atoms with E-state index in [1.54, 1.807) is 12.1 Å². The van der Waals surface area contributed by atoms with Crippen LogP contribution < -0.4 is 9.62 Å². The first-order valence-corrected chi connectivity index (χ1v) is 10.3. The van der Waals surface area contributed by atoms with Gasteiger partial charge < -0.3 is 5.32 Å². The minimum atomic E-state index is -3.47. The molecule has 0 fully saturated rings. The monoisotopic (exact) mass is 374 g/mol. The van der Waals surface area contributed by atoms with Crippen molar-refractivity contribution >= 4 is 27.3 Å². The van der Waals surface area contributed by atoms with Gasteiger partial charge in [-0.1, -0.05) is 29.8 Å². The second kappa shape index (κ2) is 7.91. The van der Waals surface area contributed by atoms with Crippen molar-refractivity contribution in [1.29, 1.82) is 0 Å². The Labute approximate surface area is 156 Å². The summed E-state index contributed by atoms with van der Waals surface area (Å²) in [5.41, 5.74) is 5.46. The maximum atomic E-state index is 12.4. The van der Waals surface area contributed by atoms with E-state index in [4.69, 9.17) is 0 Å². The second-order valence-electron chi connectivity index (χ2n) is 6.75. The highest BCUT2D eigenvalue weighted by Gasteiger charge is 2.19. The lowest BCUT2D eigenvalue weighted by Crippen LogP contribution is -2.33. The van der Waals surface area contributed by atoms with Crippen LogP contribution in [0.5, 0.6) is 0 Å². The fraction of sp³-hybridized carbons (Fsp3) is 0.350. The Morgan fingerprint density at radius 3 is 2.15 bits per heavy atom. The van der Waals surface area contributed by atoms with E-state index in [-0.39, 0.29) is 18.9 Å². The van der Waals surface area contributed by atoms with Crippen molar-refractivity contribution in [1.82, 2.24) is 0 Å². The standard InChI is InChI=1S/C20H26N2O3S/c1-14-7-6-8-18(13-14)22(26(5,24)25)10-9-19(23)21-20-16(3)11-15(2)12-17(20)4/h6-8,11-13H,9-10H2,1-5H3,(H,21,23). The van der Waals surface area contributed by atoms with Gasteiger partial charge in [-0.2, -0.15) is 0 Å². The Morgan fingerprint density at radius 2 is 1.62 bits per heavy atom. The molecule has 2 rings (SSSR count). The molecule has 0 atom stereocenters. The number of sulfonamides is 1. The van der Waals surface area contributed by atoms with Gasteiger partial charge in [-0.3, -0.25) is 9.10 Å². The number of amides is 1.